The third-order valence-electron chi connectivity index (χ3n) is 4.04. The van der Waals surface area contributed by atoms with Crippen LogP contribution in [0.1, 0.15) is 41.4 Å². The summed E-state index contributed by atoms with van der Waals surface area (Å²) in [5.41, 5.74) is 1.35. The van der Waals surface area contributed by atoms with Crippen molar-refractivity contribution in [3.05, 3.63) is 52.5 Å². The molecule has 0 amide bonds. The fourth-order valence-corrected chi connectivity index (χ4v) is 2.86. The van der Waals surface area contributed by atoms with Gasteiger partial charge >= 0.3 is 6.18 Å². The first kappa shape index (κ1) is 18.6. The number of alkyl halides is 3. The van der Waals surface area contributed by atoms with Crippen molar-refractivity contribution in [1.82, 2.24) is 9.97 Å². The van der Waals surface area contributed by atoms with Crippen molar-refractivity contribution in [3.63, 3.8) is 0 Å². The van der Waals surface area contributed by atoms with Crippen LogP contribution in [0.25, 0.3) is 0 Å². The molecule has 2 heterocycles. The second-order valence-electron chi connectivity index (χ2n) is 5.96. The molecular formula is C18H20F3N3O2. The summed E-state index contributed by atoms with van der Waals surface area (Å²) in [5.74, 6) is 1.11. The average Bonchev–Trinajstić information content (AvgIpc) is 3.13. The molecule has 0 saturated carbocycles. The monoisotopic (exact) mass is 367 g/mol. The topological polar surface area (TPSA) is 56.3 Å². The number of benzene rings is 1. The number of hydrogen-bond acceptors (Lipinski definition) is 5. The van der Waals surface area contributed by atoms with Gasteiger partial charge in [0.15, 0.2) is 6.29 Å². The summed E-state index contributed by atoms with van der Waals surface area (Å²) in [5, 5.41) is 3.12. The van der Waals surface area contributed by atoms with Gasteiger partial charge in [-0.15, -0.1) is 0 Å². The fourth-order valence-electron chi connectivity index (χ4n) is 2.86. The Hall–Kier alpha value is -2.19. The maximum absolute atomic E-state index is 12.9. The van der Waals surface area contributed by atoms with Crippen molar-refractivity contribution in [1.29, 1.82) is 0 Å². The van der Waals surface area contributed by atoms with Crippen LogP contribution in [0.15, 0.2) is 24.3 Å². The van der Waals surface area contributed by atoms with Crippen LogP contribution in [0.2, 0.25) is 0 Å². The van der Waals surface area contributed by atoms with Crippen LogP contribution in [0, 0.1) is 6.92 Å². The third-order valence-corrected chi connectivity index (χ3v) is 4.04. The summed E-state index contributed by atoms with van der Waals surface area (Å²) in [6.07, 6.45) is -4.26. The number of hydrogen-bond donors (Lipinski definition) is 1. The van der Waals surface area contributed by atoms with E-state index in [2.05, 4.69) is 15.3 Å². The van der Waals surface area contributed by atoms with Gasteiger partial charge < -0.3 is 14.8 Å². The molecule has 1 saturated heterocycles. The second-order valence-corrected chi connectivity index (χ2v) is 5.96. The molecule has 1 aliphatic heterocycles. The van der Waals surface area contributed by atoms with E-state index in [0.29, 0.717) is 42.4 Å². The molecule has 3 rings (SSSR count). The van der Waals surface area contributed by atoms with Gasteiger partial charge in [-0.1, -0.05) is 19.1 Å². The Morgan fingerprint density at radius 3 is 2.58 bits per heavy atom. The summed E-state index contributed by atoms with van der Waals surface area (Å²) < 4.78 is 49.8. The van der Waals surface area contributed by atoms with Crippen molar-refractivity contribution in [2.75, 3.05) is 18.5 Å². The molecule has 0 atom stereocenters. The second kappa shape index (κ2) is 7.59. The fraction of sp³-hybridized carbons (Fsp3) is 0.444. The van der Waals surface area contributed by atoms with E-state index in [-0.39, 0.29) is 6.54 Å². The Balaban J connectivity index is 1.87. The van der Waals surface area contributed by atoms with Crippen LogP contribution in [0.5, 0.6) is 0 Å². The summed E-state index contributed by atoms with van der Waals surface area (Å²) in [7, 11) is 0. The van der Waals surface area contributed by atoms with E-state index in [1.807, 2.05) is 6.92 Å². The number of ether oxygens (including phenoxy) is 2. The van der Waals surface area contributed by atoms with Gasteiger partial charge in [-0.25, -0.2) is 9.97 Å². The molecule has 1 aliphatic rings. The summed E-state index contributed by atoms with van der Waals surface area (Å²) in [4.78, 5) is 8.85. The van der Waals surface area contributed by atoms with Gasteiger partial charge in [-0.3, -0.25) is 0 Å². The molecule has 0 unspecified atom stereocenters. The third kappa shape index (κ3) is 4.13. The van der Waals surface area contributed by atoms with E-state index < -0.39 is 18.0 Å². The lowest BCUT2D eigenvalue weighted by atomic mass is 10.1. The normalized spacial score (nSPS) is 15.4. The van der Waals surface area contributed by atoms with Crippen LogP contribution in [0.4, 0.5) is 19.0 Å². The number of rotatable bonds is 5. The van der Waals surface area contributed by atoms with Crippen molar-refractivity contribution in [3.8, 4) is 0 Å². The Labute approximate surface area is 149 Å². The first-order chi connectivity index (χ1) is 12.4. The van der Waals surface area contributed by atoms with Gasteiger partial charge in [0.2, 0.25) is 0 Å². The lowest BCUT2D eigenvalue weighted by Crippen LogP contribution is -2.14. The van der Waals surface area contributed by atoms with Gasteiger partial charge in [0.25, 0.3) is 0 Å². The summed E-state index contributed by atoms with van der Waals surface area (Å²) >= 11 is 0. The highest BCUT2D eigenvalue weighted by Gasteiger charge is 2.30. The highest BCUT2D eigenvalue weighted by Crippen LogP contribution is 2.32. The van der Waals surface area contributed by atoms with Gasteiger partial charge in [0.1, 0.15) is 11.6 Å². The van der Waals surface area contributed by atoms with Gasteiger partial charge in [-0.2, -0.15) is 13.2 Å². The van der Waals surface area contributed by atoms with E-state index in [1.165, 1.54) is 6.07 Å². The Bertz CT molecular complexity index is 775. The SMILES string of the molecule is CCc1nc(C)nc(NCc2cccc(C(F)(F)F)c2)c1C1OCCO1. The van der Waals surface area contributed by atoms with E-state index in [9.17, 15) is 13.2 Å². The quantitative estimate of drug-likeness (QED) is 0.865. The average molecular weight is 367 g/mol. The van der Waals surface area contributed by atoms with Crippen molar-refractivity contribution in [2.45, 2.75) is 39.3 Å². The lowest BCUT2D eigenvalue weighted by Gasteiger charge is -2.19. The molecule has 26 heavy (non-hydrogen) atoms. The Morgan fingerprint density at radius 2 is 1.92 bits per heavy atom. The minimum absolute atomic E-state index is 0.198. The number of nitrogens with zero attached hydrogens (tertiary/aromatic N) is 2. The van der Waals surface area contributed by atoms with Crippen LogP contribution < -0.4 is 5.32 Å². The zero-order valence-electron chi connectivity index (χ0n) is 14.6. The largest absolute Gasteiger partial charge is 0.416 e. The molecule has 0 aliphatic carbocycles. The summed E-state index contributed by atoms with van der Waals surface area (Å²) in [6.45, 7) is 4.90. The van der Waals surface area contributed by atoms with Crippen LogP contribution in [-0.4, -0.2) is 23.2 Å². The highest BCUT2D eigenvalue weighted by atomic mass is 19.4. The minimum atomic E-state index is -4.37. The molecule has 1 N–H and O–H groups in total. The maximum atomic E-state index is 12.9. The highest BCUT2D eigenvalue weighted by molar-refractivity contribution is 5.48. The lowest BCUT2D eigenvalue weighted by molar-refractivity contribution is -0.137. The van der Waals surface area contributed by atoms with Crippen LogP contribution >= 0.6 is 0 Å². The smallest absolute Gasteiger partial charge is 0.365 e. The zero-order chi connectivity index (χ0) is 18.7. The van der Waals surface area contributed by atoms with E-state index >= 15 is 0 Å². The number of halogens is 3. The number of anilines is 1. The standard InChI is InChI=1S/C18H20F3N3O2/c1-3-14-15(17-25-7-8-26-17)16(24-11(2)23-14)22-10-12-5-4-6-13(9-12)18(19,20)21/h4-6,9,17H,3,7-8,10H2,1-2H3,(H,22,23,24). The van der Waals surface area contributed by atoms with Crippen molar-refractivity contribution in [2.24, 2.45) is 0 Å². The Kier molecular flexibility index (Phi) is 5.43. The van der Waals surface area contributed by atoms with Gasteiger partial charge in [0.05, 0.1) is 30.0 Å². The van der Waals surface area contributed by atoms with Crippen LogP contribution in [0.3, 0.4) is 0 Å². The molecule has 0 bridgehead atoms. The number of aromatic nitrogens is 2. The van der Waals surface area contributed by atoms with Crippen molar-refractivity contribution >= 4 is 5.82 Å². The van der Waals surface area contributed by atoms with Gasteiger partial charge in [0, 0.05) is 6.54 Å². The molecule has 1 aromatic heterocycles. The molecule has 1 fully saturated rings. The number of aryl methyl sites for hydroxylation is 2. The molecule has 0 spiro atoms. The van der Waals surface area contributed by atoms with Crippen molar-refractivity contribution < 1.29 is 22.6 Å². The molecule has 1 aromatic carbocycles. The molecule has 8 heteroatoms. The summed E-state index contributed by atoms with van der Waals surface area (Å²) in [6, 6.07) is 5.22. The molecule has 140 valence electrons. The Morgan fingerprint density at radius 1 is 1.19 bits per heavy atom. The predicted molar refractivity (Wildman–Crippen MR) is 89.6 cm³/mol. The molecule has 5 nitrogen and oxygen atoms in total. The predicted octanol–water partition coefficient (Wildman–Crippen LogP) is 4.02. The minimum Gasteiger partial charge on any atom is -0.365 e. The molecule has 2 aromatic rings. The van der Waals surface area contributed by atoms with Crippen LogP contribution in [-0.2, 0) is 28.6 Å². The maximum Gasteiger partial charge on any atom is 0.416 e. The first-order valence-corrected chi connectivity index (χ1v) is 8.39. The van der Waals surface area contributed by atoms with E-state index in [1.54, 1.807) is 13.0 Å². The van der Waals surface area contributed by atoms with E-state index in [4.69, 9.17) is 9.47 Å². The first-order valence-electron chi connectivity index (χ1n) is 8.39. The zero-order valence-corrected chi connectivity index (χ0v) is 14.6. The van der Waals surface area contributed by atoms with E-state index in [0.717, 1.165) is 17.8 Å². The number of nitrogens with one attached hydrogen (secondary N) is 1. The molecular weight excluding hydrogens is 347 g/mol. The van der Waals surface area contributed by atoms with Gasteiger partial charge in [-0.05, 0) is 31.0 Å². The molecule has 0 radical (unpaired) electrons.